The summed E-state index contributed by atoms with van der Waals surface area (Å²) in [5, 5.41) is 14.1. The number of nitrogens with zero attached hydrogens (tertiary/aromatic N) is 3. The maximum absolute atomic E-state index is 9.27. The molecule has 0 fully saturated rings. The summed E-state index contributed by atoms with van der Waals surface area (Å²) in [4.78, 5) is 11.5. The molecule has 0 radical (unpaired) electrons. The molecule has 0 unspecified atom stereocenters. The first kappa shape index (κ1) is 15.8. The Balaban J connectivity index is 2.04. The fourth-order valence-electron chi connectivity index (χ4n) is 1.99. The lowest BCUT2D eigenvalue weighted by Crippen LogP contribution is -3.06. The molecule has 21 heavy (non-hydrogen) atoms. The summed E-state index contributed by atoms with van der Waals surface area (Å²) >= 11 is 3.27. The Morgan fingerprint density at radius 1 is 1.48 bits per heavy atom. The van der Waals surface area contributed by atoms with Crippen LogP contribution in [-0.4, -0.2) is 31.8 Å². The van der Waals surface area contributed by atoms with Crippen LogP contribution >= 0.6 is 22.7 Å². The minimum Gasteiger partial charge on any atom is -0.331 e. The number of rotatable bonds is 6. The predicted octanol–water partition coefficient (Wildman–Crippen LogP) is 2.08. The van der Waals surface area contributed by atoms with Crippen LogP contribution in [0.3, 0.4) is 0 Å². The molecule has 2 heterocycles. The lowest BCUT2D eigenvalue weighted by molar-refractivity contribution is -0.890. The highest BCUT2D eigenvalue weighted by Crippen LogP contribution is 2.19. The molecule has 4 nitrogen and oxygen atoms in total. The first-order chi connectivity index (χ1) is 10.1. The van der Waals surface area contributed by atoms with Crippen molar-refractivity contribution in [3.63, 3.8) is 0 Å². The minimum absolute atomic E-state index is 0.332. The van der Waals surface area contributed by atoms with Gasteiger partial charge in [0.05, 0.1) is 31.6 Å². The lowest BCUT2D eigenvalue weighted by Gasteiger charge is -2.18. The van der Waals surface area contributed by atoms with Crippen LogP contribution in [-0.2, 0) is 0 Å². The summed E-state index contributed by atoms with van der Waals surface area (Å²) in [6, 6.07) is 6.80. The fourth-order valence-corrected chi connectivity index (χ4v) is 3.73. The van der Waals surface area contributed by atoms with Crippen molar-refractivity contribution < 1.29 is 4.90 Å². The fraction of sp³-hybridized carbons (Fsp3) is 0.400. The van der Waals surface area contributed by atoms with Gasteiger partial charge in [-0.3, -0.25) is 4.99 Å². The van der Waals surface area contributed by atoms with Crippen LogP contribution < -0.4 is 4.90 Å². The molecule has 0 amide bonds. The quantitative estimate of drug-likeness (QED) is 0.829. The second-order valence-corrected chi connectivity index (χ2v) is 6.96. The predicted molar refractivity (Wildman–Crippen MR) is 88.4 cm³/mol. The van der Waals surface area contributed by atoms with Crippen LogP contribution in [0.25, 0.3) is 0 Å². The summed E-state index contributed by atoms with van der Waals surface area (Å²) in [5.74, 6) is -0.343. The van der Waals surface area contributed by atoms with Gasteiger partial charge in [0.15, 0.2) is 0 Å². The zero-order valence-corrected chi connectivity index (χ0v) is 14.0. The normalized spacial score (nSPS) is 14.4. The molecule has 6 heteroatoms. The number of aromatic nitrogens is 1. The zero-order valence-electron chi connectivity index (χ0n) is 12.4. The molecule has 1 N–H and O–H groups in total. The lowest BCUT2D eigenvalue weighted by atomic mass is 10.2. The number of nitrogens with one attached hydrogen (secondary N) is 1. The SMILES string of the molecule is Cc1csc([C@H](C#N)C=NC[C@@H](c2cccs2)[NH+](C)C)n1. The van der Waals surface area contributed by atoms with Gasteiger partial charge in [0.2, 0.25) is 0 Å². The van der Waals surface area contributed by atoms with Crippen molar-refractivity contribution in [1.29, 1.82) is 5.26 Å². The van der Waals surface area contributed by atoms with Crippen molar-refractivity contribution in [3.8, 4) is 6.07 Å². The Labute approximate surface area is 133 Å². The number of hydrogen-bond donors (Lipinski definition) is 1. The van der Waals surface area contributed by atoms with Gasteiger partial charge in [-0.1, -0.05) is 6.07 Å². The van der Waals surface area contributed by atoms with Crippen molar-refractivity contribution in [1.82, 2.24) is 4.98 Å². The van der Waals surface area contributed by atoms with Crippen molar-refractivity contribution in [2.24, 2.45) is 4.99 Å². The van der Waals surface area contributed by atoms with E-state index >= 15 is 0 Å². The molecular formula is C15H19N4S2+. The third-order valence-electron chi connectivity index (χ3n) is 3.17. The molecular weight excluding hydrogens is 300 g/mol. The third-order valence-corrected chi connectivity index (χ3v) is 5.20. The van der Waals surface area contributed by atoms with E-state index in [2.05, 4.69) is 47.7 Å². The summed E-state index contributed by atoms with van der Waals surface area (Å²) in [7, 11) is 4.26. The summed E-state index contributed by atoms with van der Waals surface area (Å²) in [5.41, 5.74) is 0.956. The molecule has 2 aromatic heterocycles. The van der Waals surface area contributed by atoms with E-state index in [1.807, 2.05) is 12.3 Å². The van der Waals surface area contributed by atoms with Gasteiger partial charge in [0, 0.05) is 17.3 Å². The number of nitriles is 1. The smallest absolute Gasteiger partial charge is 0.142 e. The number of likely N-dealkylation sites (N-methyl/N-ethyl adjacent to an activating group) is 1. The summed E-state index contributed by atoms with van der Waals surface area (Å²) in [6.45, 7) is 2.62. The van der Waals surface area contributed by atoms with Crippen molar-refractivity contribution >= 4 is 28.9 Å². The molecule has 0 aliphatic carbocycles. The molecule has 2 atom stereocenters. The van der Waals surface area contributed by atoms with Crippen LogP contribution in [0.2, 0.25) is 0 Å². The van der Waals surface area contributed by atoms with E-state index in [1.165, 1.54) is 21.1 Å². The highest BCUT2D eigenvalue weighted by molar-refractivity contribution is 7.10. The molecule has 0 saturated carbocycles. The van der Waals surface area contributed by atoms with E-state index < -0.39 is 0 Å². The van der Waals surface area contributed by atoms with Gasteiger partial charge in [0.1, 0.15) is 17.0 Å². The maximum atomic E-state index is 9.27. The largest absolute Gasteiger partial charge is 0.331 e. The first-order valence-electron chi connectivity index (χ1n) is 6.77. The highest BCUT2D eigenvalue weighted by Gasteiger charge is 2.18. The summed E-state index contributed by atoms with van der Waals surface area (Å²) < 4.78 is 0. The monoisotopic (exact) mass is 319 g/mol. The second kappa shape index (κ2) is 7.46. The topological polar surface area (TPSA) is 53.5 Å². The van der Waals surface area contributed by atoms with Crippen LogP contribution in [0.5, 0.6) is 0 Å². The van der Waals surface area contributed by atoms with Crippen LogP contribution in [0, 0.1) is 18.3 Å². The maximum Gasteiger partial charge on any atom is 0.142 e. The molecule has 2 aromatic rings. The van der Waals surface area contributed by atoms with E-state index in [9.17, 15) is 5.26 Å². The Morgan fingerprint density at radius 2 is 2.29 bits per heavy atom. The standard InChI is InChI=1S/C15H18N4S2/c1-11-10-21-15(18-11)12(7-16)8-17-9-13(19(2)3)14-5-4-6-20-14/h4-6,8,10,12-13H,9H2,1-3H3/p+1/t12-,13+/m1/s1. The minimum atomic E-state index is -0.343. The van der Waals surface area contributed by atoms with E-state index in [-0.39, 0.29) is 5.92 Å². The van der Waals surface area contributed by atoms with E-state index in [4.69, 9.17) is 0 Å². The molecule has 2 rings (SSSR count). The van der Waals surface area contributed by atoms with Crippen molar-refractivity contribution in [3.05, 3.63) is 38.5 Å². The average Bonchev–Trinajstić information content (AvgIpc) is 3.10. The Kier molecular flexibility index (Phi) is 5.62. The Morgan fingerprint density at radius 3 is 2.81 bits per heavy atom. The number of quaternary nitrogens is 1. The van der Waals surface area contributed by atoms with Gasteiger partial charge in [-0.15, -0.1) is 22.7 Å². The first-order valence-corrected chi connectivity index (χ1v) is 8.52. The molecule has 110 valence electrons. The number of aliphatic imine (C=N–C) groups is 1. The molecule has 0 aromatic carbocycles. The van der Waals surface area contributed by atoms with Gasteiger partial charge in [-0.2, -0.15) is 5.26 Å². The van der Waals surface area contributed by atoms with E-state index in [0.717, 1.165) is 10.7 Å². The summed E-state index contributed by atoms with van der Waals surface area (Å²) in [6.07, 6.45) is 1.74. The average molecular weight is 319 g/mol. The van der Waals surface area contributed by atoms with Crippen LogP contribution in [0.15, 0.2) is 27.9 Å². The Hall–Kier alpha value is -1.55. The number of thiazole rings is 1. The van der Waals surface area contributed by atoms with Gasteiger partial charge in [-0.05, 0) is 18.4 Å². The van der Waals surface area contributed by atoms with Gasteiger partial charge < -0.3 is 4.90 Å². The highest BCUT2D eigenvalue weighted by atomic mass is 32.1. The molecule has 0 saturated heterocycles. The van der Waals surface area contributed by atoms with Crippen molar-refractivity contribution in [2.75, 3.05) is 20.6 Å². The van der Waals surface area contributed by atoms with E-state index in [1.54, 1.807) is 17.6 Å². The van der Waals surface area contributed by atoms with Gasteiger partial charge >= 0.3 is 0 Å². The molecule has 0 aliphatic heterocycles. The molecule has 0 aliphatic rings. The van der Waals surface area contributed by atoms with Gasteiger partial charge in [0.25, 0.3) is 0 Å². The number of aryl methyl sites for hydroxylation is 1. The second-order valence-electron chi connectivity index (χ2n) is 5.09. The van der Waals surface area contributed by atoms with Crippen molar-refractivity contribution in [2.45, 2.75) is 18.9 Å². The number of thiophene rings is 1. The van der Waals surface area contributed by atoms with E-state index in [0.29, 0.717) is 12.6 Å². The third kappa shape index (κ3) is 4.21. The zero-order chi connectivity index (χ0) is 15.2. The molecule has 0 spiro atoms. The van der Waals surface area contributed by atoms with Crippen LogP contribution in [0.1, 0.15) is 27.5 Å². The van der Waals surface area contributed by atoms with Crippen LogP contribution in [0.4, 0.5) is 0 Å². The van der Waals surface area contributed by atoms with Gasteiger partial charge in [-0.25, -0.2) is 4.98 Å². The number of hydrogen-bond acceptors (Lipinski definition) is 5. The molecule has 0 bridgehead atoms. The Bertz CT molecular complexity index is 622.